The molecule has 0 unspecified atom stereocenters. The summed E-state index contributed by atoms with van der Waals surface area (Å²) in [7, 11) is 1.90. The van der Waals surface area contributed by atoms with E-state index in [1.54, 1.807) is 18.6 Å². The monoisotopic (exact) mass is 342 g/mol. The van der Waals surface area contributed by atoms with E-state index < -0.39 is 6.85 Å². The standard InChI is InChI=1S/C23H19N2O/c1-14-10-19-18-11-16-6-4-5-7-17(16)12-21(18)26-23(19)22(15(14)2)20-8-9-24-13-25(20)3/h4-13H,1-3H3/q+1/i1D3. The largest absolute Gasteiger partial charge is 0.455 e. The van der Waals surface area contributed by atoms with Gasteiger partial charge in [-0.1, -0.05) is 29.2 Å². The molecule has 5 aromatic rings. The average molecular weight is 342 g/mol. The van der Waals surface area contributed by atoms with Crippen LogP contribution >= 0.6 is 0 Å². The minimum absolute atomic E-state index is 0.340. The molecule has 0 atom stereocenters. The van der Waals surface area contributed by atoms with E-state index in [1.165, 1.54) is 0 Å². The maximum Gasteiger partial charge on any atom is 0.286 e. The lowest BCUT2D eigenvalue weighted by Gasteiger charge is -2.09. The van der Waals surface area contributed by atoms with Crippen LogP contribution in [0.2, 0.25) is 0 Å². The minimum atomic E-state index is -2.22. The number of hydrogen-bond acceptors (Lipinski definition) is 2. The second-order valence-electron chi connectivity index (χ2n) is 6.67. The lowest BCUT2D eigenvalue weighted by Crippen LogP contribution is -2.31. The molecule has 0 N–H and O–H groups in total. The summed E-state index contributed by atoms with van der Waals surface area (Å²) >= 11 is 0. The first-order valence-electron chi connectivity index (χ1n) is 10.0. The Kier molecular flexibility index (Phi) is 2.53. The normalized spacial score (nSPS) is 13.8. The van der Waals surface area contributed by atoms with Crippen molar-refractivity contribution in [1.29, 1.82) is 0 Å². The van der Waals surface area contributed by atoms with Crippen LogP contribution in [0.1, 0.15) is 15.2 Å². The molecule has 0 bridgehead atoms. The zero-order valence-corrected chi connectivity index (χ0v) is 14.6. The predicted octanol–water partition coefficient (Wildman–Crippen LogP) is 5.24. The van der Waals surface area contributed by atoms with Crippen molar-refractivity contribution in [2.45, 2.75) is 13.8 Å². The third-order valence-electron chi connectivity index (χ3n) is 5.08. The molecule has 0 aliphatic carbocycles. The van der Waals surface area contributed by atoms with Crippen molar-refractivity contribution in [3.8, 4) is 11.3 Å². The summed E-state index contributed by atoms with van der Waals surface area (Å²) in [5, 5.41) is 3.91. The van der Waals surface area contributed by atoms with Gasteiger partial charge in [-0.15, -0.1) is 0 Å². The molecule has 2 heterocycles. The number of fused-ring (bicyclic) bond motifs is 4. The van der Waals surface area contributed by atoms with Crippen molar-refractivity contribution in [2.24, 2.45) is 7.05 Å². The molecule has 3 nitrogen and oxygen atoms in total. The van der Waals surface area contributed by atoms with Crippen LogP contribution in [0.15, 0.2) is 65.5 Å². The molecular weight excluding hydrogens is 320 g/mol. The molecule has 2 aromatic heterocycles. The molecule has 5 rings (SSSR count). The second kappa shape index (κ2) is 5.40. The molecular formula is C23H19N2O+. The number of nitrogens with zero attached hydrogens (tertiary/aromatic N) is 2. The highest BCUT2D eigenvalue weighted by Gasteiger charge is 2.20. The predicted molar refractivity (Wildman–Crippen MR) is 105 cm³/mol. The zero-order chi connectivity index (χ0) is 20.3. The van der Waals surface area contributed by atoms with Crippen LogP contribution in [0.4, 0.5) is 0 Å². The Labute approximate surface area is 155 Å². The first kappa shape index (κ1) is 12.2. The van der Waals surface area contributed by atoms with Gasteiger partial charge in [0.25, 0.3) is 6.33 Å². The Morgan fingerprint density at radius 3 is 2.62 bits per heavy atom. The minimum Gasteiger partial charge on any atom is -0.455 e. The number of benzene rings is 3. The highest BCUT2D eigenvalue weighted by atomic mass is 16.3. The van der Waals surface area contributed by atoms with E-state index in [9.17, 15) is 0 Å². The summed E-state index contributed by atoms with van der Waals surface area (Å²) in [5.74, 6) is 0. The van der Waals surface area contributed by atoms with Gasteiger partial charge in [0.05, 0.1) is 12.6 Å². The van der Waals surface area contributed by atoms with E-state index in [0.29, 0.717) is 16.7 Å². The van der Waals surface area contributed by atoms with Crippen LogP contribution in [-0.2, 0) is 7.05 Å². The quantitative estimate of drug-likeness (QED) is 0.390. The summed E-state index contributed by atoms with van der Waals surface area (Å²) < 4.78 is 32.4. The SMILES string of the molecule is [2H]C([2H])([2H])c1cc2c(oc3cc4ccccc4cc32)c(-c2ccnc[n+]2C)c1C. The third kappa shape index (κ3) is 2.07. The van der Waals surface area contributed by atoms with Gasteiger partial charge in [0.1, 0.15) is 23.1 Å². The van der Waals surface area contributed by atoms with Crippen molar-refractivity contribution >= 4 is 32.7 Å². The smallest absolute Gasteiger partial charge is 0.286 e. The van der Waals surface area contributed by atoms with Gasteiger partial charge in [-0.05, 0) is 53.9 Å². The molecule has 0 fully saturated rings. The fourth-order valence-corrected chi connectivity index (χ4v) is 3.69. The van der Waals surface area contributed by atoms with Gasteiger partial charge in [0.2, 0.25) is 0 Å². The average Bonchev–Trinajstić information content (AvgIpc) is 3.02. The van der Waals surface area contributed by atoms with Crippen molar-refractivity contribution in [3.63, 3.8) is 0 Å². The Morgan fingerprint density at radius 2 is 1.85 bits per heavy atom. The molecule has 126 valence electrons. The van der Waals surface area contributed by atoms with Crippen LogP contribution in [0.5, 0.6) is 0 Å². The summed E-state index contributed by atoms with van der Waals surface area (Å²) in [6.07, 6.45) is 3.42. The van der Waals surface area contributed by atoms with Crippen molar-refractivity contribution in [1.82, 2.24) is 4.98 Å². The molecule has 0 amide bonds. The molecule has 0 saturated carbocycles. The van der Waals surface area contributed by atoms with Crippen molar-refractivity contribution < 1.29 is 13.1 Å². The van der Waals surface area contributed by atoms with E-state index in [-0.39, 0.29) is 0 Å². The molecule has 0 aliphatic heterocycles. The first-order valence-corrected chi connectivity index (χ1v) is 8.54. The molecule has 3 heteroatoms. The van der Waals surface area contributed by atoms with Gasteiger partial charge in [0.15, 0.2) is 0 Å². The fraction of sp³-hybridized carbons (Fsp3) is 0.130. The van der Waals surface area contributed by atoms with Crippen LogP contribution < -0.4 is 4.57 Å². The van der Waals surface area contributed by atoms with E-state index in [1.807, 2.05) is 48.9 Å². The topological polar surface area (TPSA) is 29.9 Å². The Bertz CT molecular complexity index is 1420. The maximum absolute atomic E-state index is 8.08. The summed E-state index contributed by atoms with van der Waals surface area (Å²) in [5.41, 5.74) is 4.13. The molecule has 0 saturated heterocycles. The van der Waals surface area contributed by atoms with E-state index in [4.69, 9.17) is 8.53 Å². The van der Waals surface area contributed by atoms with E-state index >= 15 is 0 Å². The summed E-state index contributed by atoms with van der Waals surface area (Å²) in [4.78, 5) is 4.15. The lowest BCUT2D eigenvalue weighted by atomic mass is 9.96. The maximum atomic E-state index is 8.08. The Morgan fingerprint density at radius 1 is 1.04 bits per heavy atom. The zero-order valence-electron chi connectivity index (χ0n) is 17.6. The van der Waals surface area contributed by atoms with E-state index in [0.717, 1.165) is 38.4 Å². The van der Waals surface area contributed by atoms with Crippen molar-refractivity contribution in [3.05, 3.63) is 72.2 Å². The Hall–Kier alpha value is -3.20. The van der Waals surface area contributed by atoms with Crippen molar-refractivity contribution in [2.75, 3.05) is 0 Å². The van der Waals surface area contributed by atoms with Crippen LogP contribution in [-0.4, -0.2) is 4.98 Å². The highest BCUT2D eigenvalue weighted by molar-refractivity contribution is 6.13. The second-order valence-corrected chi connectivity index (χ2v) is 6.67. The van der Waals surface area contributed by atoms with Gasteiger partial charge in [-0.2, -0.15) is 0 Å². The lowest BCUT2D eigenvalue weighted by molar-refractivity contribution is -0.663. The number of rotatable bonds is 1. The first-order chi connectivity index (χ1) is 13.8. The van der Waals surface area contributed by atoms with Gasteiger partial charge < -0.3 is 4.42 Å². The fourth-order valence-electron chi connectivity index (χ4n) is 3.69. The van der Waals surface area contributed by atoms with E-state index in [2.05, 4.69) is 17.1 Å². The summed E-state index contributed by atoms with van der Waals surface area (Å²) in [6.45, 7) is -0.375. The third-order valence-corrected chi connectivity index (χ3v) is 5.08. The number of hydrogen-bond donors (Lipinski definition) is 0. The van der Waals surface area contributed by atoms with Gasteiger partial charge >= 0.3 is 0 Å². The number of furan rings is 1. The number of aryl methyl sites for hydroxylation is 2. The molecule has 0 aliphatic rings. The highest BCUT2D eigenvalue weighted by Crippen LogP contribution is 2.39. The van der Waals surface area contributed by atoms with Gasteiger partial charge in [-0.3, -0.25) is 0 Å². The summed E-state index contributed by atoms with van der Waals surface area (Å²) in [6, 6.07) is 15.8. The molecule has 0 radical (unpaired) electrons. The van der Waals surface area contributed by atoms with Crippen LogP contribution in [0, 0.1) is 13.8 Å². The van der Waals surface area contributed by atoms with Crippen LogP contribution in [0.25, 0.3) is 44.0 Å². The van der Waals surface area contributed by atoms with Crippen LogP contribution in [0.3, 0.4) is 0 Å². The van der Waals surface area contributed by atoms with Gasteiger partial charge in [-0.25, -0.2) is 4.57 Å². The molecule has 3 aromatic carbocycles. The Balaban J connectivity index is 1.99. The number of aromatic nitrogens is 2. The van der Waals surface area contributed by atoms with Gasteiger partial charge in [0, 0.05) is 21.0 Å². The molecule has 0 spiro atoms. The molecule has 26 heavy (non-hydrogen) atoms.